The summed E-state index contributed by atoms with van der Waals surface area (Å²) in [7, 11) is 1.64. The molecule has 0 aliphatic carbocycles. The van der Waals surface area contributed by atoms with Gasteiger partial charge in [0.05, 0.1) is 12.6 Å². The second kappa shape index (κ2) is 7.16. The van der Waals surface area contributed by atoms with Crippen molar-refractivity contribution in [3.8, 4) is 5.75 Å². The molecular formula is C15H18ClNO2S. The van der Waals surface area contributed by atoms with Gasteiger partial charge in [0, 0.05) is 34.6 Å². The summed E-state index contributed by atoms with van der Waals surface area (Å²) < 4.78 is 5.19. The smallest absolute Gasteiger partial charge is 0.133 e. The van der Waals surface area contributed by atoms with Gasteiger partial charge in [0.1, 0.15) is 10.9 Å². The lowest BCUT2D eigenvalue weighted by Gasteiger charge is -2.11. The number of benzene rings is 1. The van der Waals surface area contributed by atoms with Crippen molar-refractivity contribution in [2.45, 2.75) is 24.3 Å². The van der Waals surface area contributed by atoms with Crippen LogP contribution >= 0.6 is 23.4 Å². The minimum atomic E-state index is 0.220. The van der Waals surface area contributed by atoms with Gasteiger partial charge >= 0.3 is 0 Å². The number of nitrogens with zero attached hydrogens (tertiary/aromatic N) is 1. The van der Waals surface area contributed by atoms with E-state index in [-0.39, 0.29) is 6.61 Å². The molecular weight excluding hydrogens is 294 g/mol. The highest BCUT2D eigenvalue weighted by molar-refractivity contribution is 7.99. The van der Waals surface area contributed by atoms with Gasteiger partial charge in [-0.05, 0) is 24.6 Å². The summed E-state index contributed by atoms with van der Waals surface area (Å²) in [5, 5.41) is 10.9. The maximum Gasteiger partial charge on any atom is 0.133 e. The molecule has 5 heteroatoms. The number of rotatable bonds is 6. The highest BCUT2D eigenvalue weighted by atomic mass is 35.5. The van der Waals surface area contributed by atoms with Gasteiger partial charge in [-0.1, -0.05) is 18.5 Å². The van der Waals surface area contributed by atoms with E-state index in [1.165, 1.54) is 0 Å². The zero-order valence-corrected chi connectivity index (χ0v) is 13.2. The fourth-order valence-electron chi connectivity index (χ4n) is 1.89. The molecule has 1 atom stereocenters. The third kappa shape index (κ3) is 3.78. The molecule has 0 saturated carbocycles. The summed E-state index contributed by atoms with van der Waals surface area (Å²) in [6, 6.07) is 7.86. The van der Waals surface area contributed by atoms with Crippen LogP contribution < -0.4 is 4.74 Å². The van der Waals surface area contributed by atoms with E-state index >= 15 is 0 Å². The molecule has 0 radical (unpaired) electrons. The van der Waals surface area contributed by atoms with Crippen LogP contribution in [0.25, 0.3) is 10.9 Å². The molecule has 2 aromatic rings. The van der Waals surface area contributed by atoms with Crippen molar-refractivity contribution < 1.29 is 9.84 Å². The second-order valence-corrected chi connectivity index (χ2v) is 6.42. The van der Waals surface area contributed by atoms with Crippen LogP contribution in [-0.2, 0) is 5.75 Å². The van der Waals surface area contributed by atoms with Gasteiger partial charge in [0.2, 0.25) is 0 Å². The van der Waals surface area contributed by atoms with Crippen molar-refractivity contribution in [1.29, 1.82) is 0 Å². The van der Waals surface area contributed by atoms with Gasteiger partial charge in [-0.15, -0.1) is 0 Å². The number of pyridine rings is 1. The highest BCUT2D eigenvalue weighted by Crippen LogP contribution is 2.28. The molecule has 0 aliphatic heterocycles. The number of halogens is 1. The van der Waals surface area contributed by atoms with Gasteiger partial charge in [-0.3, -0.25) is 0 Å². The zero-order chi connectivity index (χ0) is 14.5. The Morgan fingerprint density at radius 1 is 1.40 bits per heavy atom. The normalized spacial score (nSPS) is 12.6. The Bertz CT molecular complexity index is 591. The fraction of sp³-hybridized carbons (Fsp3) is 0.400. The molecule has 1 N–H and O–H groups in total. The van der Waals surface area contributed by atoms with Crippen LogP contribution in [0, 0.1) is 0 Å². The third-order valence-corrected chi connectivity index (χ3v) is 4.72. The highest BCUT2D eigenvalue weighted by Gasteiger charge is 2.08. The Kier molecular flexibility index (Phi) is 5.52. The Labute approximate surface area is 128 Å². The molecule has 1 heterocycles. The first-order valence-electron chi connectivity index (χ1n) is 6.49. The SMILES string of the molecule is COc1ccc2cc(CSC(C)CCO)c(Cl)nc2c1. The fourth-order valence-corrected chi connectivity index (χ4v) is 3.14. The van der Waals surface area contributed by atoms with Gasteiger partial charge in [0.15, 0.2) is 0 Å². The lowest BCUT2D eigenvalue weighted by Crippen LogP contribution is -2.00. The average Bonchev–Trinajstić information content (AvgIpc) is 2.44. The number of methoxy groups -OCH3 is 1. The van der Waals surface area contributed by atoms with Crippen molar-refractivity contribution in [3.05, 3.63) is 35.0 Å². The summed E-state index contributed by atoms with van der Waals surface area (Å²) in [6.45, 7) is 2.33. The predicted molar refractivity (Wildman–Crippen MR) is 85.8 cm³/mol. The van der Waals surface area contributed by atoms with Gasteiger partial charge in [-0.2, -0.15) is 11.8 Å². The van der Waals surface area contributed by atoms with E-state index in [1.54, 1.807) is 18.9 Å². The van der Waals surface area contributed by atoms with E-state index in [0.717, 1.165) is 34.4 Å². The predicted octanol–water partition coefficient (Wildman–Crippen LogP) is 3.90. The number of aliphatic hydroxyl groups is 1. The first-order valence-corrected chi connectivity index (χ1v) is 7.92. The van der Waals surface area contributed by atoms with Crippen molar-refractivity contribution >= 4 is 34.3 Å². The summed E-state index contributed by atoms with van der Waals surface area (Å²) in [6.07, 6.45) is 0.792. The van der Waals surface area contributed by atoms with Crippen LogP contribution in [0.1, 0.15) is 18.9 Å². The van der Waals surface area contributed by atoms with E-state index in [9.17, 15) is 0 Å². The monoisotopic (exact) mass is 311 g/mol. The quantitative estimate of drug-likeness (QED) is 0.822. The number of hydrogen-bond donors (Lipinski definition) is 1. The van der Waals surface area contributed by atoms with Crippen LogP contribution in [0.2, 0.25) is 5.15 Å². The maximum atomic E-state index is 8.92. The lowest BCUT2D eigenvalue weighted by molar-refractivity contribution is 0.289. The molecule has 0 spiro atoms. The molecule has 0 amide bonds. The zero-order valence-electron chi connectivity index (χ0n) is 11.6. The molecule has 0 aliphatic rings. The van der Waals surface area contributed by atoms with E-state index in [4.69, 9.17) is 21.4 Å². The van der Waals surface area contributed by atoms with E-state index in [0.29, 0.717) is 10.4 Å². The molecule has 1 aromatic carbocycles. The number of thioether (sulfide) groups is 1. The number of hydrogen-bond acceptors (Lipinski definition) is 4. The molecule has 2 rings (SSSR count). The molecule has 1 aromatic heterocycles. The maximum absolute atomic E-state index is 8.92. The van der Waals surface area contributed by atoms with Gasteiger partial charge in [0.25, 0.3) is 0 Å². The molecule has 108 valence electrons. The van der Waals surface area contributed by atoms with Crippen molar-refractivity contribution in [2.24, 2.45) is 0 Å². The Balaban J connectivity index is 2.20. The largest absolute Gasteiger partial charge is 0.497 e. The van der Waals surface area contributed by atoms with Crippen LogP contribution in [-0.4, -0.2) is 29.1 Å². The summed E-state index contributed by atoms with van der Waals surface area (Å²) in [5.74, 6) is 1.58. The topological polar surface area (TPSA) is 42.4 Å². The molecule has 0 bridgehead atoms. The summed E-state index contributed by atoms with van der Waals surface area (Å²) in [4.78, 5) is 4.43. The Morgan fingerprint density at radius 2 is 2.20 bits per heavy atom. The standard InChI is InChI=1S/C15H18ClNO2S/c1-10(5-6-18)20-9-12-7-11-3-4-13(19-2)8-14(11)17-15(12)16/h3-4,7-8,10,18H,5-6,9H2,1-2H3. The molecule has 20 heavy (non-hydrogen) atoms. The number of aliphatic hydroxyl groups excluding tert-OH is 1. The minimum absolute atomic E-state index is 0.220. The summed E-state index contributed by atoms with van der Waals surface area (Å²) >= 11 is 8.02. The van der Waals surface area contributed by atoms with E-state index in [1.807, 2.05) is 18.2 Å². The third-order valence-electron chi connectivity index (χ3n) is 3.11. The Morgan fingerprint density at radius 3 is 2.90 bits per heavy atom. The minimum Gasteiger partial charge on any atom is -0.497 e. The molecule has 1 unspecified atom stereocenters. The summed E-state index contributed by atoms with van der Waals surface area (Å²) in [5.41, 5.74) is 1.87. The number of ether oxygens (including phenoxy) is 1. The van der Waals surface area contributed by atoms with E-state index in [2.05, 4.69) is 18.0 Å². The number of fused-ring (bicyclic) bond motifs is 1. The van der Waals surface area contributed by atoms with Crippen LogP contribution in [0.4, 0.5) is 0 Å². The second-order valence-electron chi connectivity index (χ2n) is 4.63. The lowest BCUT2D eigenvalue weighted by atomic mass is 10.1. The van der Waals surface area contributed by atoms with Crippen LogP contribution in [0.3, 0.4) is 0 Å². The van der Waals surface area contributed by atoms with Gasteiger partial charge in [-0.25, -0.2) is 4.98 Å². The van der Waals surface area contributed by atoms with Crippen molar-refractivity contribution in [3.63, 3.8) is 0 Å². The molecule has 0 fully saturated rings. The van der Waals surface area contributed by atoms with E-state index < -0.39 is 0 Å². The van der Waals surface area contributed by atoms with Crippen LogP contribution in [0.5, 0.6) is 5.75 Å². The first-order chi connectivity index (χ1) is 9.63. The molecule has 0 saturated heterocycles. The van der Waals surface area contributed by atoms with Gasteiger partial charge < -0.3 is 9.84 Å². The van der Waals surface area contributed by atoms with Crippen molar-refractivity contribution in [1.82, 2.24) is 4.98 Å². The van der Waals surface area contributed by atoms with Crippen LogP contribution in [0.15, 0.2) is 24.3 Å². The van der Waals surface area contributed by atoms with Crippen molar-refractivity contribution in [2.75, 3.05) is 13.7 Å². The Hall–Kier alpha value is -0.970. The average molecular weight is 312 g/mol. The first kappa shape index (κ1) is 15.4. The number of aromatic nitrogens is 1. The molecule has 3 nitrogen and oxygen atoms in total.